The minimum Gasteiger partial charge on any atom is -0.494 e. The minimum absolute atomic E-state index is 0.120. The lowest BCUT2D eigenvalue weighted by atomic mass is 10.2. The monoisotopic (exact) mass is 372 g/mol. The van der Waals surface area contributed by atoms with Gasteiger partial charge in [-0.15, -0.1) is 0 Å². The molecule has 2 aromatic carbocycles. The van der Waals surface area contributed by atoms with Gasteiger partial charge in [-0.25, -0.2) is 0 Å². The van der Waals surface area contributed by atoms with Crippen LogP contribution < -0.4 is 15.4 Å². The molecular weight excluding hydrogens is 356 g/mol. The molecule has 0 aliphatic heterocycles. The molecule has 0 aromatic heterocycles. The second-order valence-electron chi connectivity index (χ2n) is 5.05. The van der Waals surface area contributed by atoms with Crippen LogP contribution in [0.25, 0.3) is 0 Å². The first-order valence-electron chi connectivity index (χ1n) is 7.63. The lowest BCUT2D eigenvalue weighted by Crippen LogP contribution is -2.18. The van der Waals surface area contributed by atoms with Crippen molar-refractivity contribution in [2.24, 2.45) is 5.16 Å². The Bertz CT molecular complexity index is 854. The van der Waals surface area contributed by atoms with Gasteiger partial charge in [0.1, 0.15) is 12.0 Å². The third-order valence-corrected chi connectivity index (χ3v) is 3.15. The smallest absolute Gasteiger partial charge is 0.273 e. The van der Waals surface area contributed by atoms with Gasteiger partial charge in [-0.2, -0.15) is 0 Å². The van der Waals surface area contributed by atoms with Gasteiger partial charge in [0.15, 0.2) is 6.61 Å². The number of carbonyl (C=O) groups is 2. The number of nitrogens with zero attached hydrogens (tertiary/aromatic N) is 2. The molecule has 0 saturated heterocycles. The maximum Gasteiger partial charge on any atom is 0.273 e. The number of non-ortho nitro benzene ring substituents is 1. The highest BCUT2D eigenvalue weighted by Crippen LogP contribution is 2.28. The second kappa shape index (κ2) is 9.51. The Balaban J connectivity index is 1.83. The van der Waals surface area contributed by atoms with E-state index in [1.165, 1.54) is 25.3 Å². The Kier molecular flexibility index (Phi) is 6.83. The van der Waals surface area contributed by atoms with Crippen molar-refractivity contribution in [3.63, 3.8) is 0 Å². The van der Waals surface area contributed by atoms with Crippen LogP contribution in [0, 0.1) is 10.1 Å². The first-order chi connectivity index (χ1) is 13.0. The van der Waals surface area contributed by atoms with Gasteiger partial charge in [-0.1, -0.05) is 23.4 Å². The predicted octanol–water partition coefficient (Wildman–Crippen LogP) is 2.18. The number of carbonyl (C=O) groups excluding carboxylic acids is 2. The van der Waals surface area contributed by atoms with Crippen LogP contribution >= 0.6 is 0 Å². The van der Waals surface area contributed by atoms with Crippen LogP contribution in [0.2, 0.25) is 0 Å². The normalized spacial score (nSPS) is 10.3. The number of anilines is 2. The van der Waals surface area contributed by atoms with Crippen LogP contribution in [0.4, 0.5) is 17.1 Å². The average Bonchev–Trinajstić information content (AvgIpc) is 2.66. The van der Waals surface area contributed by atoms with E-state index < -0.39 is 16.7 Å². The molecule has 0 radical (unpaired) electrons. The summed E-state index contributed by atoms with van der Waals surface area (Å²) < 4.78 is 5.00. The van der Waals surface area contributed by atoms with E-state index in [1.807, 2.05) is 6.07 Å². The number of amides is 2. The van der Waals surface area contributed by atoms with Crippen molar-refractivity contribution in [1.29, 1.82) is 0 Å². The van der Waals surface area contributed by atoms with Crippen molar-refractivity contribution in [3.8, 4) is 5.75 Å². The zero-order chi connectivity index (χ0) is 19.6. The number of nitrogens with one attached hydrogen (secondary N) is 2. The van der Waals surface area contributed by atoms with E-state index in [9.17, 15) is 19.7 Å². The number of hydrogen-bond acceptors (Lipinski definition) is 7. The van der Waals surface area contributed by atoms with E-state index in [1.54, 1.807) is 24.3 Å². The van der Waals surface area contributed by atoms with Crippen LogP contribution in [0.1, 0.15) is 0 Å². The first kappa shape index (κ1) is 19.4. The highest BCUT2D eigenvalue weighted by molar-refractivity contribution is 6.31. The molecule has 10 nitrogen and oxygen atoms in total. The number of methoxy groups -OCH3 is 1. The SMILES string of the molecule is COc1cc([N+](=O)[O-])ccc1NC(=O)/C=N\OCC(=O)Nc1ccccc1. The summed E-state index contributed by atoms with van der Waals surface area (Å²) in [5.74, 6) is -0.976. The molecule has 0 aliphatic carbocycles. The summed E-state index contributed by atoms with van der Waals surface area (Å²) in [5, 5.41) is 19.2. The summed E-state index contributed by atoms with van der Waals surface area (Å²) in [6.07, 6.45) is 0.830. The number of nitro benzene ring substituents is 1. The van der Waals surface area contributed by atoms with Gasteiger partial charge < -0.3 is 20.2 Å². The minimum atomic E-state index is -0.661. The number of hydrogen-bond donors (Lipinski definition) is 2. The predicted molar refractivity (Wildman–Crippen MR) is 97.8 cm³/mol. The van der Waals surface area contributed by atoms with Crippen molar-refractivity contribution in [2.75, 3.05) is 24.4 Å². The van der Waals surface area contributed by atoms with Crippen LogP contribution in [-0.2, 0) is 14.4 Å². The van der Waals surface area contributed by atoms with Crippen LogP contribution in [0.3, 0.4) is 0 Å². The van der Waals surface area contributed by atoms with Gasteiger partial charge in [0.05, 0.1) is 23.8 Å². The van der Waals surface area contributed by atoms with Crippen molar-refractivity contribution >= 4 is 35.1 Å². The fraction of sp³-hybridized carbons (Fsp3) is 0.118. The second-order valence-corrected chi connectivity index (χ2v) is 5.05. The summed E-state index contributed by atoms with van der Waals surface area (Å²) in [5.41, 5.74) is 0.658. The molecule has 0 heterocycles. The van der Waals surface area contributed by atoms with Gasteiger partial charge in [0, 0.05) is 11.8 Å². The Morgan fingerprint density at radius 1 is 1.19 bits per heavy atom. The van der Waals surface area contributed by atoms with Gasteiger partial charge >= 0.3 is 0 Å². The van der Waals surface area contributed by atoms with Crippen LogP contribution in [0.5, 0.6) is 5.75 Å². The molecule has 2 aromatic rings. The van der Waals surface area contributed by atoms with Gasteiger partial charge in [0.2, 0.25) is 0 Å². The van der Waals surface area contributed by atoms with E-state index in [4.69, 9.17) is 9.57 Å². The third kappa shape index (κ3) is 6.12. The summed E-state index contributed by atoms with van der Waals surface area (Å²) in [6.45, 7) is -0.375. The Morgan fingerprint density at radius 3 is 2.59 bits per heavy atom. The standard InChI is InChI=1S/C17H16N4O6/c1-26-15-9-13(21(24)25)7-8-14(15)20-16(22)10-18-27-11-17(23)19-12-5-3-2-4-6-12/h2-10H,11H2,1H3,(H,19,23)(H,20,22)/b18-10-. The molecule has 2 amide bonds. The van der Waals surface area contributed by atoms with Gasteiger partial charge in [-0.3, -0.25) is 19.7 Å². The molecule has 2 rings (SSSR count). The molecule has 27 heavy (non-hydrogen) atoms. The maximum absolute atomic E-state index is 11.8. The molecule has 0 aliphatic rings. The van der Waals surface area contributed by atoms with Crippen LogP contribution in [-0.4, -0.2) is 36.7 Å². The lowest BCUT2D eigenvalue weighted by molar-refractivity contribution is -0.384. The fourth-order valence-corrected chi connectivity index (χ4v) is 1.96. The molecule has 0 spiro atoms. The van der Waals surface area contributed by atoms with Gasteiger partial charge in [-0.05, 0) is 18.2 Å². The Hall–Kier alpha value is -3.95. The molecule has 10 heteroatoms. The average molecular weight is 372 g/mol. The molecule has 0 atom stereocenters. The maximum atomic E-state index is 11.8. The molecule has 2 N–H and O–H groups in total. The first-order valence-corrected chi connectivity index (χ1v) is 7.63. The van der Waals surface area contributed by atoms with Crippen molar-refractivity contribution in [3.05, 3.63) is 58.6 Å². The summed E-state index contributed by atoms with van der Waals surface area (Å²) >= 11 is 0. The number of para-hydroxylation sites is 1. The summed E-state index contributed by atoms with van der Waals surface area (Å²) in [6, 6.07) is 12.5. The molecule has 0 fully saturated rings. The summed E-state index contributed by atoms with van der Waals surface area (Å²) in [7, 11) is 1.32. The molecule has 0 unspecified atom stereocenters. The number of ether oxygens (including phenoxy) is 1. The number of rotatable bonds is 8. The van der Waals surface area contributed by atoms with Crippen molar-refractivity contribution < 1.29 is 24.1 Å². The van der Waals surface area contributed by atoms with Gasteiger partial charge in [0.25, 0.3) is 17.5 Å². The lowest BCUT2D eigenvalue weighted by Gasteiger charge is -2.08. The third-order valence-electron chi connectivity index (χ3n) is 3.15. The largest absolute Gasteiger partial charge is 0.494 e. The van der Waals surface area contributed by atoms with Crippen molar-refractivity contribution in [1.82, 2.24) is 0 Å². The van der Waals surface area contributed by atoms with E-state index in [0.29, 0.717) is 5.69 Å². The highest BCUT2D eigenvalue weighted by atomic mass is 16.6. The molecule has 0 saturated carbocycles. The van der Waals surface area contributed by atoms with Crippen molar-refractivity contribution in [2.45, 2.75) is 0 Å². The molecule has 0 bridgehead atoms. The number of nitro groups is 1. The molecule has 140 valence electrons. The van der Waals surface area contributed by atoms with Crippen LogP contribution in [0.15, 0.2) is 53.7 Å². The van der Waals surface area contributed by atoms with E-state index >= 15 is 0 Å². The number of oxime groups is 1. The number of benzene rings is 2. The summed E-state index contributed by atoms with van der Waals surface area (Å²) in [4.78, 5) is 38.4. The Morgan fingerprint density at radius 2 is 1.93 bits per heavy atom. The van der Waals surface area contributed by atoms with E-state index in [2.05, 4.69) is 15.8 Å². The van der Waals surface area contributed by atoms with E-state index in [0.717, 1.165) is 6.21 Å². The fourth-order valence-electron chi connectivity index (χ4n) is 1.96. The zero-order valence-corrected chi connectivity index (χ0v) is 14.2. The zero-order valence-electron chi connectivity index (χ0n) is 14.2. The quantitative estimate of drug-likeness (QED) is 0.415. The topological polar surface area (TPSA) is 132 Å². The Labute approximate surface area is 153 Å². The highest BCUT2D eigenvalue weighted by Gasteiger charge is 2.12. The van der Waals surface area contributed by atoms with E-state index in [-0.39, 0.29) is 23.7 Å². The molecular formula is C17H16N4O6.